The number of rotatable bonds is 2. The molecule has 0 bridgehead atoms. The van der Waals surface area contributed by atoms with Crippen molar-refractivity contribution in [2.75, 3.05) is 19.6 Å². The van der Waals surface area contributed by atoms with E-state index in [4.69, 9.17) is 5.73 Å². The lowest BCUT2D eigenvalue weighted by atomic mass is 9.97. The summed E-state index contributed by atoms with van der Waals surface area (Å²) >= 11 is 0. The van der Waals surface area contributed by atoms with Crippen molar-refractivity contribution < 1.29 is 4.79 Å². The molecule has 1 aliphatic heterocycles. The number of hydrogen-bond acceptors (Lipinski definition) is 3. The lowest BCUT2D eigenvalue weighted by molar-refractivity contribution is 0.0691. The van der Waals surface area contributed by atoms with E-state index in [0.717, 1.165) is 12.8 Å². The Bertz CT molecular complexity index is 447. The van der Waals surface area contributed by atoms with Crippen LogP contribution in [-0.2, 0) is 0 Å². The zero-order valence-corrected chi connectivity index (χ0v) is 9.69. The number of nitrogens with two attached hydrogens (primary N) is 1. The summed E-state index contributed by atoms with van der Waals surface area (Å²) in [6, 6.07) is 3.23. The average Bonchev–Trinajstić information content (AvgIpc) is 2.39. The van der Waals surface area contributed by atoms with Gasteiger partial charge >= 0.3 is 0 Å². The number of carbonyl (C=O) groups is 1. The van der Waals surface area contributed by atoms with Gasteiger partial charge < -0.3 is 15.6 Å². The number of hydrogen-bond donors (Lipinski definition) is 2. The quantitative estimate of drug-likeness (QED) is 0.767. The van der Waals surface area contributed by atoms with E-state index in [2.05, 4.69) is 4.98 Å². The summed E-state index contributed by atoms with van der Waals surface area (Å²) in [5.41, 5.74) is 5.50. The minimum atomic E-state index is -0.321. The van der Waals surface area contributed by atoms with Gasteiger partial charge in [-0.25, -0.2) is 0 Å². The van der Waals surface area contributed by atoms with Crippen LogP contribution in [0.25, 0.3) is 0 Å². The van der Waals surface area contributed by atoms with Crippen molar-refractivity contribution in [3.63, 3.8) is 0 Å². The number of piperidine rings is 1. The van der Waals surface area contributed by atoms with Crippen LogP contribution >= 0.6 is 0 Å². The highest BCUT2D eigenvalue weighted by Gasteiger charge is 2.23. The van der Waals surface area contributed by atoms with Crippen molar-refractivity contribution in [3.8, 4) is 0 Å². The molecule has 0 atom stereocenters. The summed E-state index contributed by atoms with van der Waals surface area (Å²) in [6.45, 7) is 2.05. The van der Waals surface area contributed by atoms with Crippen LogP contribution in [0.4, 0.5) is 0 Å². The highest BCUT2D eigenvalue weighted by atomic mass is 16.2. The smallest absolute Gasteiger partial charge is 0.260 e. The molecule has 1 fully saturated rings. The molecule has 5 heteroatoms. The molecular formula is C12H17N3O2. The highest BCUT2D eigenvalue weighted by molar-refractivity contribution is 5.93. The molecule has 5 nitrogen and oxygen atoms in total. The Labute approximate surface area is 99.6 Å². The molecule has 0 radical (unpaired) electrons. The van der Waals surface area contributed by atoms with Gasteiger partial charge in [-0.15, -0.1) is 0 Å². The van der Waals surface area contributed by atoms with Gasteiger partial charge in [0.1, 0.15) is 5.56 Å². The Kier molecular flexibility index (Phi) is 3.58. The van der Waals surface area contributed by atoms with Crippen molar-refractivity contribution in [1.82, 2.24) is 9.88 Å². The first-order valence-electron chi connectivity index (χ1n) is 5.89. The lowest BCUT2D eigenvalue weighted by Gasteiger charge is -2.31. The number of amides is 1. The van der Waals surface area contributed by atoms with Gasteiger partial charge in [-0.05, 0) is 37.4 Å². The van der Waals surface area contributed by atoms with Gasteiger partial charge in [0.25, 0.3) is 11.5 Å². The number of carbonyl (C=O) groups excluding carboxylic acids is 1. The second kappa shape index (κ2) is 5.14. The Hall–Kier alpha value is -1.62. The Morgan fingerprint density at radius 1 is 1.47 bits per heavy atom. The van der Waals surface area contributed by atoms with Crippen LogP contribution < -0.4 is 11.3 Å². The van der Waals surface area contributed by atoms with Gasteiger partial charge in [-0.3, -0.25) is 9.59 Å². The maximum absolute atomic E-state index is 12.1. The normalized spacial score (nSPS) is 17.1. The zero-order chi connectivity index (χ0) is 12.3. The van der Waals surface area contributed by atoms with Crippen LogP contribution in [0.15, 0.2) is 23.1 Å². The first-order valence-corrected chi connectivity index (χ1v) is 5.89. The monoisotopic (exact) mass is 235 g/mol. The Morgan fingerprint density at radius 2 is 2.18 bits per heavy atom. The molecular weight excluding hydrogens is 218 g/mol. The fourth-order valence-corrected chi connectivity index (χ4v) is 2.13. The maximum atomic E-state index is 12.1. The number of likely N-dealkylation sites (tertiary alicyclic amines) is 1. The molecule has 17 heavy (non-hydrogen) atoms. The summed E-state index contributed by atoms with van der Waals surface area (Å²) in [5.74, 6) is 0.329. The van der Waals surface area contributed by atoms with E-state index in [-0.39, 0.29) is 17.0 Å². The van der Waals surface area contributed by atoms with Gasteiger partial charge in [0.15, 0.2) is 0 Å². The first-order chi connectivity index (χ1) is 8.22. The average molecular weight is 235 g/mol. The van der Waals surface area contributed by atoms with Gasteiger partial charge in [0.2, 0.25) is 0 Å². The fourth-order valence-electron chi connectivity index (χ4n) is 2.13. The molecule has 0 unspecified atom stereocenters. The van der Waals surface area contributed by atoms with E-state index in [0.29, 0.717) is 25.6 Å². The van der Waals surface area contributed by atoms with Gasteiger partial charge in [-0.2, -0.15) is 0 Å². The van der Waals surface area contributed by atoms with Crippen molar-refractivity contribution in [1.29, 1.82) is 0 Å². The number of nitrogens with zero attached hydrogens (tertiary/aromatic N) is 1. The Morgan fingerprint density at radius 3 is 2.76 bits per heavy atom. The standard InChI is InChI=1S/C12H17N3O2/c13-8-9-3-6-15(7-4-9)12(17)10-2-1-5-14-11(10)16/h1-2,5,9H,3-4,6-8,13H2,(H,14,16). The van der Waals surface area contributed by atoms with E-state index >= 15 is 0 Å². The molecule has 2 rings (SSSR count). The molecule has 1 aliphatic rings. The van der Waals surface area contributed by atoms with E-state index in [1.165, 1.54) is 6.20 Å². The topological polar surface area (TPSA) is 79.2 Å². The SMILES string of the molecule is NCC1CCN(C(=O)c2ccc[nH]c2=O)CC1. The van der Waals surface area contributed by atoms with Crippen LogP contribution in [0.3, 0.4) is 0 Å². The van der Waals surface area contributed by atoms with Crippen molar-refractivity contribution in [2.24, 2.45) is 11.7 Å². The zero-order valence-electron chi connectivity index (χ0n) is 9.69. The molecule has 92 valence electrons. The molecule has 0 aromatic carbocycles. The predicted octanol–water partition coefficient (Wildman–Crippen LogP) is 0.186. The highest BCUT2D eigenvalue weighted by Crippen LogP contribution is 2.16. The second-order valence-corrected chi connectivity index (χ2v) is 4.38. The molecule has 1 amide bonds. The largest absolute Gasteiger partial charge is 0.338 e. The van der Waals surface area contributed by atoms with E-state index in [1.54, 1.807) is 17.0 Å². The number of pyridine rings is 1. The van der Waals surface area contributed by atoms with E-state index < -0.39 is 0 Å². The predicted molar refractivity (Wildman–Crippen MR) is 64.7 cm³/mol. The Balaban J connectivity index is 2.07. The third kappa shape index (κ3) is 2.55. The molecule has 1 aromatic rings. The number of aromatic amines is 1. The fraction of sp³-hybridized carbons (Fsp3) is 0.500. The van der Waals surface area contributed by atoms with Gasteiger partial charge in [0.05, 0.1) is 0 Å². The summed E-state index contributed by atoms with van der Waals surface area (Å²) < 4.78 is 0. The van der Waals surface area contributed by atoms with Crippen LogP contribution in [0.2, 0.25) is 0 Å². The summed E-state index contributed by atoms with van der Waals surface area (Å²) in [5, 5.41) is 0. The first kappa shape index (κ1) is 11.9. The van der Waals surface area contributed by atoms with Gasteiger partial charge in [-0.1, -0.05) is 0 Å². The van der Waals surface area contributed by atoms with E-state index in [9.17, 15) is 9.59 Å². The minimum absolute atomic E-state index is 0.178. The van der Waals surface area contributed by atoms with Crippen LogP contribution in [-0.4, -0.2) is 35.4 Å². The van der Waals surface area contributed by atoms with Gasteiger partial charge in [0, 0.05) is 19.3 Å². The molecule has 2 heterocycles. The van der Waals surface area contributed by atoms with E-state index in [1.807, 2.05) is 0 Å². The molecule has 0 saturated carbocycles. The summed E-state index contributed by atoms with van der Waals surface area (Å²) in [7, 11) is 0. The van der Waals surface area contributed by atoms with Crippen molar-refractivity contribution >= 4 is 5.91 Å². The molecule has 1 aromatic heterocycles. The number of nitrogens with one attached hydrogen (secondary N) is 1. The van der Waals surface area contributed by atoms with Crippen LogP contribution in [0.5, 0.6) is 0 Å². The molecule has 1 saturated heterocycles. The third-order valence-electron chi connectivity index (χ3n) is 3.28. The number of aromatic nitrogens is 1. The summed E-state index contributed by atoms with van der Waals surface area (Å²) in [6.07, 6.45) is 3.37. The molecule has 0 aliphatic carbocycles. The second-order valence-electron chi connectivity index (χ2n) is 4.38. The minimum Gasteiger partial charge on any atom is -0.338 e. The third-order valence-corrected chi connectivity index (χ3v) is 3.28. The lowest BCUT2D eigenvalue weighted by Crippen LogP contribution is -2.41. The maximum Gasteiger partial charge on any atom is 0.260 e. The van der Waals surface area contributed by atoms with Crippen molar-refractivity contribution in [2.45, 2.75) is 12.8 Å². The molecule has 3 N–H and O–H groups in total. The van der Waals surface area contributed by atoms with Crippen LogP contribution in [0, 0.1) is 5.92 Å². The van der Waals surface area contributed by atoms with Crippen molar-refractivity contribution in [3.05, 3.63) is 34.2 Å². The number of H-pyrrole nitrogens is 1. The van der Waals surface area contributed by atoms with Crippen LogP contribution in [0.1, 0.15) is 23.2 Å². The summed E-state index contributed by atoms with van der Waals surface area (Å²) in [4.78, 5) is 27.8. The molecule has 0 spiro atoms.